The third-order valence-electron chi connectivity index (χ3n) is 5.23. The van der Waals surface area contributed by atoms with E-state index in [-0.39, 0.29) is 0 Å². The monoisotopic (exact) mass is 222 g/mol. The van der Waals surface area contributed by atoms with Crippen molar-refractivity contribution in [1.82, 2.24) is 4.90 Å². The molecule has 1 amide bonds. The van der Waals surface area contributed by atoms with E-state index >= 15 is 0 Å². The fourth-order valence-corrected chi connectivity index (χ4v) is 3.89. The Kier molecular flexibility index (Phi) is 2.46. The molecule has 1 saturated heterocycles. The Morgan fingerprint density at radius 3 is 2.69 bits per heavy atom. The summed E-state index contributed by atoms with van der Waals surface area (Å²) < 4.78 is 0. The van der Waals surface area contributed by atoms with Gasteiger partial charge in [0.05, 0.1) is 0 Å². The number of rotatable bonds is 2. The van der Waals surface area contributed by atoms with E-state index in [0.717, 1.165) is 32.4 Å². The molecular weight excluding hydrogens is 200 g/mol. The van der Waals surface area contributed by atoms with Crippen LogP contribution in [0.2, 0.25) is 0 Å². The number of nitrogens with two attached hydrogens (primary N) is 1. The van der Waals surface area contributed by atoms with Crippen LogP contribution in [-0.4, -0.2) is 29.9 Å². The number of hydrogen-bond donors (Lipinski definition) is 1. The van der Waals surface area contributed by atoms with Crippen molar-refractivity contribution in [2.75, 3.05) is 13.1 Å². The number of hydrogen-bond acceptors (Lipinski definition) is 2. The maximum Gasteiger partial charge on any atom is 0.225 e. The zero-order valence-electron chi connectivity index (χ0n) is 9.95. The van der Waals surface area contributed by atoms with Gasteiger partial charge in [-0.15, -0.1) is 0 Å². The standard InChI is InChI=1S/C13H22N2O/c14-9-13-6-2-5-11(13)15(8-7-13)12(16)10-3-1-4-10/h10-11H,1-9,14H2/t11-,13-/m1/s1. The van der Waals surface area contributed by atoms with Crippen molar-refractivity contribution in [2.24, 2.45) is 17.1 Å². The van der Waals surface area contributed by atoms with Crippen molar-refractivity contribution in [1.29, 1.82) is 0 Å². The summed E-state index contributed by atoms with van der Waals surface area (Å²) in [6.07, 6.45) is 8.33. The van der Waals surface area contributed by atoms with Gasteiger partial charge in [0.2, 0.25) is 5.91 Å². The molecule has 0 unspecified atom stereocenters. The Morgan fingerprint density at radius 2 is 2.06 bits per heavy atom. The quantitative estimate of drug-likeness (QED) is 0.770. The topological polar surface area (TPSA) is 46.3 Å². The molecule has 90 valence electrons. The Balaban J connectivity index is 1.75. The maximum absolute atomic E-state index is 12.3. The molecule has 0 aromatic rings. The third kappa shape index (κ3) is 1.33. The summed E-state index contributed by atoms with van der Waals surface area (Å²) in [5.41, 5.74) is 6.25. The molecule has 0 bridgehead atoms. The van der Waals surface area contributed by atoms with Crippen LogP contribution >= 0.6 is 0 Å². The Morgan fingerprint density at radius 1 is 1.25 bits per heavy atom. The molecule has 0 aromatic carbocycles. The second-order valence-electron chi connectivity index (χ2n) is 5.88. The molecule has 3 aliphatic rings. The van der Waals surface area contributed by atoms with E-state index in [1.807, 2.05) is 0 Å². The van der Waals surface area contributed by atoms with Gasteiger partial charge in [-0.3, -0.25) is 4.79 Å². The molecule has 2 aliphatic carbocycles. The summed E-state index contributed by atoms with van der Waals surface area (Å²) in [5, 5.41) is 0. The average Bonchev–Trinajstić information content (AvgIpc) is 2.71. The number of carbonyl (C=O) groups excluding carboxylic acids is 1. The van der Waals surface area contributed by atoms with Crippen molar-refractivity contribution in [3.05, 3.63) is 0 Å². The molecule has 3 fully saturated rings. The first kappa shape index (κ1) is 10.6. The summed E-state index contributed by atoms with van der Waals surface area (Å²) in [6, 6.07) is 0.477. The molecule has 16 heavy (non-hydrogen) atoms. The van der Waals surface area contributed by atoms with E-state index in [9.17, 15) is 4.79 Å². The molecule has 0 aromatic heterocycles. The highest BCUT2D eigenvalue weighted by molar-refractivity contribution is 5.80. The van der Waals surface area contributed by atoms with Crippen molar-refractivity contribution in [3.8, 4) is 0 Å². The van der Waals surface area contributed by atoms with Crippen molar-refractivity contribution in [3.63, 3.8) is 0 Å². The van der Waals surface area contributed by atoms with Crippen molar-refractivity contribution >= 4 is 5.91 Å². The Hall–Kier alpha value is -0.570. The molecule has 3 nitrogen and oxygen atoms in total. The summed E-state index contributed by atoms with van der Waals surface area (Å²) in [5.74, 6) is 0.794. The fraction of sp³-hybridized carbons (Fsp3) is 0.923. The van der Waals surface area contributed by atoms with Crippen LogP contribution < -0.4 is 5.73 Å². The molecule has 3 heteroatoms. The van der Waals surface area contributed by atoms with E-state index in [0.29, 0.717) is 23.3 Å². The van der Waals surface area contributed by atoms with E-state index in [2.05, 4.69) is 4.90 Å². The van der Waals surface area contributed by atoms with Crippen LogP contribution in [-0.2, 0) is 4.79 Å². The minimum atomic E-state index is 0.291. The predicted octanol–water partition coefficient (Wildman–Crippen LogP) is 1.52. The predicted molar refractivity (Wildman–Crippen MR) is 62.8 cm³/mol. The SMILES string of the molecule is NC[C@]12CCC[C@H]1N(C(=O)C1CCC1)CC2. The maximum atomic E-state index is 12.3. The van der Waals surface area contributed by atoms with Crippen LogP contribution in [0.3, 0.4) is 0 Å². The number of likely N-dealkylation sites (tertiary alicyclic amines) is 1. The first-order chi connectivity index (χ1) is 7.77. The first-order valence-corrected chi connectivity index (χ1v) is 6.77. The van der Waals surface area contributed by atoms with Crippen LogP contribution in [0, 0.1) is 11.3 Å². The molecule has 3 rings (SSSR count). The number of amides is 1. The van der Waals surface area contributed by atoms with Crippen LogP contribution in [0.4, 0.5) is 0 Å². The molecule has 2 N–H and O–H groups in total. The normalized spacial score (nSPS) is 38.6. The third-order valence-corrected chi connectivity index (χ3v) is 5.23. The number of nitrogens with zero attached hydrogens (tertiary/aromatic N) is 1. The Labute approximate surface area is 97.4 Å². The van der Waals surface area contributed by atoms with Gasteiger partial charge >= 0.3 is 0 Å². The van der Waals surface area contributed by atoms with Crippen LogP contribution in [0.25, 0.3) is 0 Å². The van der Waals surface area contributed by atoms with Crippen LogP contribution in [0.5, 0.6) is 0 Å². The second kappa shape index (κ2) is 3.73. The summed E-state index contributed by atoms with van der Waals surface area (Å²) in [4.78, 5) is 14.5. The van der Waals surface area contributed by atoms with Crippen molar-refractivity contribution in [2.45, 2.75) is 51.0 Å². The van der Waals surface area contributed by atoms with Gasteiger partial charge in [-0.05, 0) is 38.6 Å². The van der Waals surface area contributed by atoms with Gasteiger partial charge in [-0.1, -0.05) is 12.8 Å². The summed E-state index contributed by atoms with van der Waals surface area (Å²) in [7, 11) is 0. The lowest BCUT2D eigenvalue weighted by Crippen LogP contribution is -2.46. The highest BCUT2D eigenvalue weighted by Crippen LogP contribution is 2.49. The van der Waals surface area contributed by atoms with Gasteiger partial charge in [0.25, 0.3) is 0 Å². The summed E-state index contributed by atoms with van der Waals surface area (Å²) >= 11 is 0. The van der Waals surface area contributed by atoms with Gasteiger partial charge in [-0.2, -0.15) is 0 Å². The molecule has 0 spiro atoms. The van der Waals surface area contributed by atoms with Gasteiger partial charge in [-0.25, -0.2) is 0 Å². The van der Waals surface area contributed by atoms with Crippen molar-refractivity contribution < 1.29 is 4.79 Å². The molecule has 1 aliphatic heterocycles. The fourth-order valence-electron chi connectivity index (χ4n) is 3.89. The lowest BCUT2D eigenvalue weighted by Gasteiger charge is -2.35. The Bertz CT molecular complexity index is 300. The minimum absolute atomic E-state index is 0.291. The molecule has 2 atom stereocenters. The van der Waals surface area contributed by atoms with E-state index in [1.54, 1.807) is 0 Å². The van der Waals surface area contributed by atoms with E-state index in [4.69, 9.17) is 5.73 Å². The van der Waals surface area contributed by atoms with Gasteiger partial charge < -0.3 is 10.6 Å². The second-order valence-corrected chi connectivity index (χ2v) is 5.88. The first-order valence-electron chi connectivity index (χ1n) is 6.77. The van der Waals surface area contributed by atoms with Gasteiger partial charge in [0, 0.05) is 23.9 Å². The summed E-state index contributed by atoms with van der Waals surface area (Å²) in [6.45, 7) is 1.74. The molecule has 2 saturated carbocycles. The average molecular weight is 222 g/mol. The van der Waals surface area contributed by atoms with Gasteiger partial charge in [0.1, 0.15) is 0 Å². The highest BCUT2D eigenvalue weighted by atomic mass is 16.2. The zero-order valence-corrected chi connectivity index (χ0v) is 9.95. The van der Waals surface area contributed by atoms with Gasteiger partial charge in [0.15, 0.2) is 0 Å². The number of fused-ring (bicyclic) bond motifs is 1. The number of carbonyl (C=O) groups is 1. The van der Waals surface area contributed by atoms with E-state index in [1.165, 1.54) is 25.7 Å². The van der Waals surface area contributed by atoms with Crippen LogP contribution in [0.1, 0.15) is 44.9 Å². The molecule has 0 radical (unpaired) electrons. The molecule has 1 heterocycles. The largest absolute Gasteiger partial charge is 0.339 e. The van der Waals surface area contributed by atoms with E-state index < -0.39 is 0 Å². The lowest BCUT2D eigenvalue weighted by molar-refractivity contribution is -0.139. The zero-order chi connectivity index (χ0) is 11.2. The lowest BCUT2D eigenvalue weighted by atomic mass is 9.81. The smallest absolute Gasteiger partial charge is 0.225 e. The molecular formula is C13H22N2O. The minimum Gasteiger partial charge on any atom is -0.339 e. The highest BCUT2D eigenvalue weighted by Gasteiger charge is 2.51. The van der Waals surface area contributed by atoms with Crippen LogP contribution in [0.15, 0.2) is 0 Å².